The number of quaternary nitrogens is 1. The van der Waals surface area contributed by atoms with Gasteiger partial charge in [-0.1, -0.05) is 0 Å². The third kappa shape index (κ3) is 3.16. The van der Waals surface area contributed by atoms with Crippen molar-refractivity contribution in [2.75, 3.05) is 19.6 Å². The molecule has 3 atom stereocenters. The van der Waals surface area contributed by atoms with Gasteiger partial charge < -0.3 is 14.7 Å². The zero-order valence-electron chi connectivity index (χ0n) is 12.9. The van der Waals surface area contributed by atoms with Gasteiger partial charge in [-0.15, -0.1) is 0 Å². The highest BCUT2D eigenvalue weighted by Crippen LogP contribution is 2.26. The molecule has 2 saturated heterocycles. The number of nitrogens with one attached hydrogen (secondary N) is 2. The third-order valence-electron chi connectivity index (χ3n) is 4.71. The van der Waals surface area contributed by atoms with E-state index in [-0.39, 0.29) is 11.7 Å². The molecule has 3 rings (SSSR count). The summed E-state index contributed by atoms with van der Waals surface area (Å²) in [7, 11) is 0. The van der Waals surface area contributed by atoms with Gasteiger partial charge in [-0.3, -0.25) is 14.3 Å². The van der Waals surface area contributed by atoms with Crippen molar-refractivity contribution in [2.45, 2.75) is 51.0 Å². The van der Waals surface area contributed by atoms with E-state index in [0.29, 0.717) is 12.0 Å². The number of aliphatic hydroxyl groups excluding tert-OH is 1. The monoisotopic (exact) mass is 310 g/mol. The first-order chi connectivity index (χ1) is 10.5. The Kier molecular flexibility index (Phi) is 4.46. The molecular weight excluding hydrogens is 286 g/mol. The Morgan fingerprint density at radius 3 is 2.82 bits per heavy atom. The number of hydrogen-bond acceptors (Lipinski definition) is 4. The molecule has 3 heterocycles. The van der Waals surface area contributed by atoms with Gasteiger partial charge in [0.15, 0.2) is 0 Å². The molecule has 2 fully saturated rings. The topological polar surface area (TPSA) is 88.8 Å². The number of ether oxygens (including phenoxy) is 1. The average molecular weight is 310 g/mol. The number of aliphatic hydroxyl groups is 1. The molecule has 0 aliphatic carbocycles. The highest BCUT2D eigenvalue weighted by atomic mass is 16.5. The molecule has 0 amide bonds. The SMILES string of the molecule is Cc1cn([C@H]2C[C@H](O)[C@@H](C[NH+]3CCCCC3)O2)c(=O)[nH]c1=O. The fourth-order valence-electron chi connectivity index (χ4n) is 3.41. The van der Waals surface area contributed by atoms with Crippen LogP contribution in [0.5, 0.6) is 0 Å². The average Bonchev–Trinajstić information content (AvgIpc) is 2.85. The summed E-state index contributed by atoms with van der Waals surface area (Å²) in [5.41, 5.74) is -0.407. The molecule has 0 spiro atoms. The summed E-state index contributed by atoms with van der Waals surface area (Å²) >= 11 is 0. The van der Waals surface area contributed by atoms with Crippen molar-refractivity contribution in [1.29, 1.82) is 0 Å². The minimum absolute atomic E-state index is 0.253. The van der Waals surface area contributed by atoms with Gasteiger partial charge in [0.1, 0.15) is 18.9 Å². The van der Waals surface area contributed by atoms with Gasteiger partial charge in [-0.2, -0.15) is 0 Å². The van der Waals surface area contributed by atoms with Crippen LogP contribution in [0.2, 0.25) is 0 Å². The summed E-state index contributed by atoms with van der Waals surface area (Å²) < 4.78 is 7.29. The maximum atomic E-state index is 11.9. The standard InChI is InChI=1S/C15H23N3O4/c1-10-8-18(15(21)16-14(10)20)13-7-11(19)12(22-13)9-17-5-3-2-4-6-17/h8,11-13,19H,2-7,9H2,1H3,(H,16,20,21)/p+1/t11-,12+,13+/m0/s1. The molecule has 7 heteroatoms. The predicted octanol–water partition coefficient (Wildman–Crippen LogP) is -1.44. The molecule has 1 aromatic rings. The lowest BCUT2D eigenvalue weighted by Gasteiger charge is -2.27. The van der Waals surface area contributed by atoms with Crippen LogP contribution < -0.4 is 16.1 Å². The zero-order chi connectivity index (χ0) is 15.7. The van der Waals surface area contributed by atoms with Crippen molar-refractivity contribution in [3.05, 3.63) is 32.6 Å². The molecule has 0 bridgehead atoms. The van der Waals surface area contributed by atoms with Crippen LogP contribution in [0, 0.1) is 6.92 Å². The second-order valence-electron chi connectivity index (χ2n) is 6.43. The maximum Gasteiger partial charge on any atom is 0.330 e. The molecule has 7 nitrogen and oxygen atoms in total. The molecule has 2 aliphatic heterocycles. The Hall–Kier alpha value is -1.44. The van der Waals surface area contributed by atoms with Crippen LogP contribution in [0.15, 0.2) is 15.8 Å². The van der Waals surface area contributed by atoms with Crippen LogP contribution >= 0.6 is 0 Å². The number of hydrogen-bond donors (Lipinski definition) is 3. The molecule has 122 valence electrons. The second-order valence-corrected chi connectivity index (χ2v) is 6.43. The molecule has 3 N–H and O–H groups in total. The number of rotatable bonds is 3. The smallest absolute Gasteiger partial charge is 0.330 e. The summed E-state index contributed by atoms with van der Waals surface area (Å²) in [4.78, 5) is 27.1. The molecule has 2 aliphatic rings. The molecule has 0 radical (unpaired) electrons. The highest BCUT2D eigenvalue weighted by Gasteiger charge is 2.38. The number of H-pyrrole nitrogens is 1. The summed E-state index contributed by atoms with van der Waals surface area (Å²) in [5.74, 6) is 0. The van der Waals surface area contributed by atoms with E-state index in [0.717, 1.165) is 19.6 Å². The fourth-order valence-corrected chi connectivity index (χ4v) is 3.41. The Morgan fingerprint density at radius 2 is 2.09 bits per heavy atom. The Balaban J connectivity index is 1.71. The van der Waals surface area contributed by atoms with Crippen molar-refractivity contribution >= 4 is 0 Å². The first-order valence-electron chi connectivity index (χ1n) is 8.04. The molecule has 22 heavy (non-hydrogen) atoms. The summed E-state index contributed by atoms with van der Waals surface area (Å²) in [6, 6.07) is 0. The minimum Gasteiger partial charge on any atom is -0.390 e. The number of likely N-dealkylation sites (tertiary alicyclic amines) is 1. The summed E-state index contributed by atoms with van der Waals surface area (Å²) in [5, 5.41) is 10.2. The van der Waals surface area contributed by atoms with Crippen LogP contribution in [-0.2, 0) is 4.74 Å². The van der Waals surface area contributed by atoms with Gasteiger partial charge in [-0.25, -0.2) is 4.79 Å². The van der Waals surface area contributed by atoms with Gasteiger partial charge in [-0.05, 0) is 26.2 Å². The lowest BCUT2D eigenvalue weighted by atomic mass is 10.1. The number of aromatic nitrogens is 2. The Bertz CT molecular complexity index is 632. The van der Waals surface area contributed by atoms with E-state index in [1.807, 2.05) is 0 Å². The first kappa shape index (κ1) is 15.5. The fraction of sp³-hybridized carbons (Fsp3) is 0.733. The van der Waals surface area contributed by atoms with E-state index in [4.69, 9.17) is 4.74 Å². The van der Waals surface area contributed by atoms with E-state index in [9.17, 15) is 14.7 Å². The lowest BCUT2D eigenvalue weighted by molar-refractivity contribution is -0.908. The second kappa shape index (κ2) is 6.36. The number of aryl methyl sites for hydroxylation is 1. The van der Waals surface area contributed by atoms with E-state index in [2.05, 4.69) is 4.98 Å². The Morgan fingerprint density at radius 1 is 1.36 bits per heavy atom. The quantitative estimate of drug-likeness (QED) is 0.638. The van der Waals surface area contributed by atoms with Crippen LogP contribution in [0.4, 0.5) is 0 Å². The van der Waals surface area contributed by atoms with Crippen molar-refractivity contribution < 1.29 is 14.7 Å². The third-order valence-corrected chi connectivity index (χ3v) is 4.71. The van der Waals surface area contributed by atoms with Crippen LogP contribution in [0.25, 0.3) is 0 Å². The molecule has 0 unspecified atom stereocenters. The minimum atomic E-state index is -0.571. The van der Waals surface area contributed by atoms with Gasteiger partial charge in [0.25, 0.3) is 5.56 Å². The van der Waals surface area contributed by atoms with Crippen molar-refractivity contribution in [2.24, 2.45) is 0 Å². The Labute approximate surface area is 128 Å². The molecule has 1 aromatic heterocycles. The van der Waals surface area contributed by atoms with Gasteiger partial charge in [0.2, 0.25) is 0 Å². The normalized spacial score (nSPS) is 29.8. The molecule has 0 saturated carbocycles. The maximum absolute atomic E-state index is 11.9. The van der Waals surface area contributed by atoms with Crippen LogP contribution in [0.1, 0.15) is 37.5 Å². The molecule has 0 aromatic carbocycles. The largest absolute Gasteiger partial charge is 0.390 e. The lowest BCUT2D eigenvalue weighted by Crippen LogP contribution is -3.14. The van der Waals surface area contributed by atoms with Gasteiger partial charge in [0.05, 0.1) is 19.2 Å². The van der Waals surface area contributed by atoms with Crippen molar-refractivity contribution in [1.82, 2.24) is 9.55 Å². The number of nitrogens with zero attached hydrogens (tertiary/aromatic N) is 1. The van der Waals surface area contributed by atoms with Gasteiger partial charge >= 0.3 is 5.69 Å². The first-order valence-corrected chi connectivity index (χ1v) is 8.04. The van der Waals surface area contributed by atoms with E-state index in [1.54, 1.807) is 6.92 Å². The van der Waals surface area contributed by atoms with E-state index < -0.39 is 18.0 Å². The molecular formula is C15H24N3O4+. The predicted molar refractivity (Wildman–Crippen MR) is 80.0 cm³/mol. The highest BCUT2D eigenvalue weighted by molar-refractivity contribution is 5.02. The van der Waals surface area contributed by atoms with Crippen molar-refractivity contribution in [3.8, 4) is 0 Å². The van der Waals surface area contributed by atoms with Gasteiger partial charge in [0, 0.05) is 18.2 Å². The van der Waals surface area contributed by atoms with Crippen LogP contribution in [0.3, 0.4) is 0 Å². The zero-order valence-corrected chi connectivity index (χ0v) is 12.9. The van der Waals surface area contributed by atoms with E-state index >= 15 is 0 Å². The summed E-state index contributed by atoms with van der Waals surface area (Å²) in [6.45, 7) is 4.66. The number of aromatic amines is 1. The summed E-state index contributed by atoms with van der Waals surface area (Å²) in [6.07, 6.45) is 4.29. The number of piperidine rings is 1. The van der Waals surface area contributed by atoms with E-state index in [1.165, 1.54) is 34.9 Å². The van der Waals surface area contributed by atoms with Crippen molar-refractivity contribution in [3.63, 3.8) is 0 Å². The van der Waals surface area contributed by atoms with Crippen LogP contribution in [-0.4, -0.2) is 46.5 Å².